The monoisotopic (exact) mass is 436 g/mol. The van der Waals surface area contributed by atoms with Crippen LogP contribution in [0, 0.1) is 0 Å². The molecule has 5 fully saturated rings. The number of halogens is 3. The molecule has 4 saturated carbocycles. The smallest absolute Gasteiger partial charge is 0.246 e. The summed E-state index contributed by atoms with van der Waals surface area (Å²) in [6.07, 6.45) is 2.31. The normalized spacial score (nSPS) is 45.1. The molecule has 2 bridgehead atoms. The van der Waals surface area contributed by atoms with Gasteiger partial charge in [0, 0.05) is 31.1 Å². The molecule has 0 aromatic carbocycles. The van der Waals surface area contributed by atoms with E-state index in [2.05, 4.69) is 16.1 Å². The number of alkyl halides is 3. The van der Waals surface area contributed by atoms with Crippen molar-refractivity contribution < 1.29 is 18.7 Å². The lowest BCUT2D eigenvalue weighted by Gasteiger charge is -2.70. The van der Waals surface area contributed by atoms with Crippen molar-refractivity contribution in [3.63, 3.8) is 0 Å². The summed E-state index contributed by atoms with van der Waals surface area (Å²) in [6.45, 7) is 0.542. The summed E-state index contributed by atoms with van der Waals surface area (Å²) >= 11 is 12.1. The molecule has 0 aromatic heterocycles. The Bertz CT molecular complexity index is 635. The molecule has 2 amide bonds. The number of hydrogen-bond donors (Lipinski definition) is 3. The van der Waals surface area contributed by atoms with Crippen molar-refractivity contribution in [2.75, 3.05) is 20.2 Å². The SMILES string of the molecule is CN1CC(Cl)C(C(=O)NC23CC(NC(=O)COC4CCC(Cl)C(F)C4)(C2)C3)N1. The van der Waals surface area contributed by atoms with E-state index in [4.69, 9.17) is 27.9 Å². The zero-order valence-electron chi connectivity index (χ0n) is 15.8. The molecule has 1 heterocycles. The van der Waals surface area contributed by atoms with Crippen molar-refractivity contribution >= 4 is 35.0 Å². The zero-order chi connectivity index (χ0) is 20.1. The molecule has 7 nitrogen and oxygen atoms in total. The maximum absolute atomic E-state index is 13.6. The molecule has 4 aliphatic carbocycles. The van der Waals surface area contributed by atoms with Gasteiger partial charge >= 0.3 is 0 Å². The van der Waals surface area contributed by atoms with Gasteiger partial charge in [0.05, 0.1) is 16.9 Å². The van der Waals surface area contributed by atoms with Gasteiger partial charge < -0.3 is 15.4 Å². The van der Waals surface area contributed by atoms with E-state index in [1.165, 1.54) is 0 Å². The first-order valence-electron chi connectivity index (χ1n) is 9.83. The van der Waals surface area contributed by atoms with Gasteiger partial charge in [-0.05, 0) is 32.1 Å². The Morgan fingerprint density at radius 2 is 1.86 bits per heavy atom. The van der Waals surface area contributed by atoms with Gasteiger partial charge in [0.15, 0.2) is 0 Å². The molecular weight excluding hydrogens is 410 g/mol. The Morgan fingerprint density at radius 3 is 2.46 bits per heavy atom. The third-order valence-electron chi connectivity index (χ3n) is 6.37. The first kappa shape index (κ1) is 20.6. The summed E-state index contributed by atoms with van der Waals surface area (Å²) in [6, 6.07) is -0.429. The molecule has 0 radical (unpaired) electrons. The average molecular weight is 437 g/mol. The highest BCUT2D eigenvalue weighted by molar-refractivity contribution is 6.23. The molecule has 5 aliphatic rings. The number of hydrogen-bond acceptors (Lipinski definition) is 5. The Kier molecular flexibility index (Phi) is 5.55. The van der Waals surface area contributed by atoms with Gasteiger partial charge in [0.25, 0.3) is 0 Å². The van der Waals surface area contributed by atoms with E-state index in [0.717, 1.165) is 19.3 Å². The molecule has 5 atom stereocenters. The fourth-order valence-electron chi connectivity index (χ4n) is 5.07. The number of rotatable bonds is 6. The Balaban J connectivity index is 1.17. The Labute approximate surface area is 174 Å². The molecule has 10 heteroatoms. The minimum Gasteiger partial charge on any atom is -0.368 e. The zero-order valence-corrected chi connectivity index (χ0v) is 17.4. The predicted molar refractivity (Wildman–Crippen MR) is 103 cm³/mol. The van der Waals surface area contributed by atoms with Gasteiger partial charge in [-0.15, -0.1) is 23.2 Å². The topological polar surface area (TPSA) is 82.7 Å². The van der Waals surface area contributed by atoms with Crippen LogP contribution >= 0.6 is 23.2 Å². The lowest BCUT2D eigenvalue weighted by Crippen LogP contribution is -2.84. The molecule has 0 spiro atoms. The summed E-state index contributed by atoms with van der Waals surface area (Å²) < 4.78 is 19.2. The summed E-state index contributed by atoms with van der Waals surface area (Å²) in [7, 11) is 1.85. The summed E-state index contributed by atoms with van der Waals surface area (Å²) in [5.74, 6) is -0.286. The van der Waals surface area contributed by atoms with Gasteiger partial charge in [-0.1, -0.05) is 0 Å². The fraction of sp³-hybridized carbons (Fsp3) is 0.889. The van der Waals surface area contributed by atoms with Crippen LogP contribution in [-0.2, 0) is 14.3 Å². The maximum Gasteiger partial charge on any atom is 0.246 e. The summed E-state index contributed by atoms with van der Waals surface area (Å²) in [5.41, 5.74) is 2.58. The van der Waals surface area contributed by atoms with Gasteiger partial charge in [0.2, 0.25) is 11.8 Å². The van der Waals surface area contributed by atoms with Gasteiger partial charge in [0.1, 0.15) is 18.8 Å². The maximum atomic E-state index is 13.6. The summed E-state index contributed by atoms with van der Waals surface area (Å²) in [5, 5.41) is 7.21. The number of ether oxygens (including phenoxy) is 1. The highest BCUT2D eigenvalue weighted by atomic mass is 35.5. The highest BCUT2D eigenvalue weighted by Gasteiger charge is 2.69. The second kappa shape index (κ2) is 7.54. The molecule has 28 heavy (non-hydrogen) atoms. The molecular formula is C18H27Cl2FN4O3. The van der Waals surface area contributed by atoms with Gasteiger partial charge in [-0.25, -0.2) is 14.8 Å². The van der Waals surface area contributed by atoms with Crippen molar-refractivity contribution in [2.24, 2.45) is 0 Å². The number of nitrogens with zero attached hydrogens (tertiary/aromatic N) is 1. The fourth-order valence-corrected chi connectivity index (χ4v) is 5.68. The van der Waals surface area contributed by atoms with Crippen LogP contribution in [0.3, 0.4) is 0 Å². The van der Waals surface area contributed by atoms with Crippen molar-refractivity contribution in [3.8, 4) is 0 Å². The quantitative estimate of drug-likeness (QED) is 0.537. The van der Waals surface area contributed by atoms with Gasteiger partial charge in [-0.2, -0.15) is 0 Å². The molecule has 1 aliphatic heterocycles. The minimum absolute atomic E-state index is 0.0717. The lowest BCUT2D eigenvalue weighted by molar-refractivity contribution is -0.154. The standard InChI is InChI=1S/C18H27Cl2FN4O3/c1-25-5-12(20)15(24-25)16(27)23-18-7-17(8-18,9-18)22-14(26)6-28-10-2-3-11(19)13(21)4-10/h10-13,15,24H,2-9H2,1H3,(H,22,26)(H,23,27). The van der Waals surface area contributed by atoms with Crippen LogP contribution in [0.2, 0.25) is 0 Å². The third kappa shape index (κ3) is 3.99. The van der Waals surface area contributed by atoms with Crippen molar-refractivity contribution in [1.29, 1.82) is 0 Å². The van der Waals surface area contributed by atoms with Crippen LogP contribution in [0.15, 0.2) is 0 Å². The Hall–Kier alpha value is -0.670. The molecule has 3 N–H and O–H groups in total. The van der Waals surface area contributed by atoms with Crippen molar-refractivity contribution in [1.82, 2.24) is 21.1 Å². The molecule has 5 unspecified atom stereocenters. The van der Waals surface area contributed by atoms with Crippen molar-refractivity contribution in [3.05, 3.63) is 0 Å². The van der Waals surface area contributed by atoms with Crippen LogP contribution in [0.5, 0.6) is 0 Å². The van der Waals surface area contributed by atoms with Crippen molar-refractivity contribution in [2.45, 2.75) is 78.7 Å². The second-order valence-electron chi connectivity index (χ2n) is 8.91. The van der Waals surface area contributed by atoms with E-state index in [0.29, 0.717) is 19.4 Å². The van der Waals surface area contributed by atoms with Crippen LogP contribution in [0.25, 0.3) is 0 Å². The number of nitrogens with one attached hydrogen (secondary N) is 3. The average Bonchev–Trinajstić information content (AvgIpc) is 2.91. The third-order valence-corrected chi connectivity index (χ3v) is 7.25. The van der Waals surface area contributed by atoms with Crippen LogP contribution in [0.4, 0.5) is 4.39 Å². The van der Waals surface area contributed by atoms with Crippen LogP contribution < -0.4 is 16.1 Å². The summed E-state index contributed by atoms with van der Waals surface area (Å²) in [4.78, 5) is 24.7. The predicted octanol–water partition coefficient (Wildman–Crippen LogP) is 0.834. The first-order chi connectivity index (χ1) is 13.2. The van der Waals surface area contributed by atoms with Crippen LogP contribution in [0.1, 0.15) is 38.5 Å². The van der Waals surface area contributed by atoms with E-state index in [1.807, 2.05) is 12.1 Å². The van der Waals surface area contributed by atoms with E-state index in [9.17, 15) is 14.0 Å². The number of carbonyl (C=O) groups is 2. The molecule has 158 valence electrons. The van der Waals surface area contributed by atoms with E-state index >= 15 is 0 Å². The highest BCUT2D eigenvalue weighted by Crippen LogP contribution is 2.60. The largest absolute Gasteiger partial charge is 0.368 e. The van der Waals surface area contributed by atoms with E-state index in [-0.39, 0.29) is 47.4 Å². The van der Waals surface area contributed by atoms with E-state index in [1.54, 1.807) is 0 Å². The number of hydrazine groups is 1. The minimum atomic E-state index is -1.08. The first-order valence-corrected chi connectivity index (χ1v) is 10.7. The lowest BCUT2D eigenvalue weighted by atomic mass is 9.44. The molecule has 0 aromatic rings. The Morgan fingerprint density at radius 1 is 1.18 bits per heavy atom. The van der Waals surface area contributed by atoms with Gasteiger partial charge in [-0.3, -0.25) is 9.59 Å². The number of carbonyl (C=O) groups excluding carboxylic acids is 2. The molecule has 5 rings (SSSR count). The van der Waals surface area contributed by atoms with E-state index < -0.39 is 17.6 Å². The number of amides is 2. The molecule has 1 saturated heterocycles. The second-order valence-corrected chi connectivity index (χ2v) is 10.0. The van der Waals surface area contributed by atoms with Crippen LogP contribution in [-0.4, -0.2) is 77.2 Å².